The van der Waals surface area contributed by atoms with Crippen molar-refractivity contribution in [3.05, 3.63) is 82.4 Å². The van der Waals surface area contributed by atoms with Crippen molar-refractivity contribution in [3.8, 4) is 11.3 Å². The highest BCUT2D eigenvalue weighted by molar-refractivity contribution is 7.98. The van der Waals surface area contributed by atoms with Crippen LogP contribution in [0.3, 0.4) is 0 Å². The van der Waals surface area contributed by atoms with E-state index in [4.69, 9.17) is 0 Å². The molecular formula is C17H13N3O2S. The predicted octanol–water partition coefficient (Wildman–Crippen LogP) is 4.34. The molecule has 5 nitrogen and oxygen atoms in total. The number of nitrogens with zero attached hydrogens (tertiary/aromatic N) is 3. The molecule has 0 N–H and O–H groups in total. The minimum Gasteiger partial charge on any atom is -0.258 e. The minimum absolute atomic E-state index is 0.103. The Morgan fingerprint density at radius 2 is 1.65 bits per heavy atom. The van der Waals surface area contributed by atoms with Crippen molar-refractivity contribution < 1.29 is 4.92 Å². The first-order valence-corrected chi connectivity index (χ1v) is 7.96. The molecule has 1 aromatic heterocycles. The maximum atomic E-state index is 10.6. The van der Waals surface area contributed by atoms with E-state index in [9.17, 15) is 10.1 Å². The molecule has 3 rings (SSSR count). The molecule has 0 saturated heterocycles. The first-order chi connectivity index (χ1) is 11.2. The summed E-state index contributed by atoms with van der Waals surface area (Å²) in [6.45, 7) is 0. The molecule has 3 aromatic rings. The van der Waals surface area contributed by atoms with Crippen molar-refractivity contribution in [3.63, 3.8) is 0 Å². The van der Waals surface area contributed by atoms with E-state index in [-0.39, 0.29) is 5.69 Å². The zero-order chi connectivity index (χ0) is 16.1. The molecule has 1 heterocycles. The van der Waals surface area contributed by atoms with Crippen LogP contribution in [0.5, 0.6) is 0 Å². The number of hydrogen-bond acceptors (Lipinski definition) is 5. The Labute approximate surface area is 137 Å². The van der Waals surface area contributed by atoms with Crippen molar-refractivity contribution in [2.75, 3.05) is 0 Å². The molecule has 0 atom stereocenters. The molecule has 0 saturated carbocycles. The van der Waals surface area contributed by atoms with Gasteiger partial charge in [0.05, 0.1) is 10.6 Å². The highest BCUT2D eigenvalue weighted by Crippen LogP contribution is 2.23. The molecule has 0 aliphatic rings. The zero-order valence-electron chi connectivity index (χ0n) is 12.1. The van der Waals surface area contributed by atoms with E-state index in [2.05, 4.69) is 10.2 Å². The summed E-state index contributed by atoms with van der Waals surface area (Å²) < 4.78 is 0. The van der Waals surface area contributed by atoms with Crippen LogP contribution in [0.25, 0.3) is 11.3 Å². The Kier molecular flexibility index (Phi) is 4.63. The summed E-state index contributed by atoms with van der Waals surface area (Å²) in [7, 11) is 0. The van der Waals surface area contributed by atoms with Crippen molar-refractivity contribution >= 4 is 17.4 Å². The topological polar surface area (TPSA) is 68.9 Å². The number of benzene rings is 2. The van der Waals surface area contributed by atoms with Crippen molar-refractivity contribution in [1.29, 1.82) is 0 Å². The highest BCUT2D eigenvalue weighted by Gasteiger charge is 2.05. The fraction of sp³-hybridized carbons (Fsp3) is 0.0588. The van der Waals surface area contributed by atoms with Crippen LogP contribution in [0.15, 0.2) is 71.8 Å². The Balaban J connectivity index is 1.63. The van der Waals surface area contributed by atoms with E-state index in [1.165, 1.54) is 12.1 Å². The van der Waals surface area contributed by atoms with Gasteiger partial charge in [-0.3, -0.25) is 10.1 Å². The van der Waals surface area contributed by atoms with Crippen molar-refractivity contribution in [2.45, 2.75) is 10.8 Å². The number of nitro groups is 1. The third kappa shape index (κ3) is 3.92. The number of hydrogen-bond donors (Lipinski definition) is 0. The number of thioether (sulfide) groups is 1. The second kappa shape index (κ2) is 7.02. The van der Waals surface area contributed by atoms with Gasteiger partial charge >= 0.3 is 0 Å². The first kappa shape index (κ1) is 15.2. The summed E-state index contributed by atoms with van der Waals surface area (Å²) in [6, 6.07) is 20.3. The van der Waals surface area contributed by atoms with Gasteiger partial charge in [-0.15, -0.1) is 10.2 Å². The van der Waals surface area contributed by atoms with E-state index < -0.39 is 4.92 Å². The van der Waals surface area contributed by atoms with Crippen LogP contribution in [0.1, 0.15) is 5.56 Å². The maximum Gasteiger partial charge on any atom is 0.269 e. The standard InChI is InChI=1S/C17H13N3O2S/c21-20(22)15-8-6-13(7-9-15)12-23-17-11-10-16(18-19-17)14-4-2-1-3-5-14/h1-11H,12H2. The van der Waals surface area contributed by atoms with Gasteiger partial charge in [0, 0.05) is 23.4 Å². The van der Waals surface area contributed by atoms with Crippen molar-refractivity contribution in [2.24, 2.45) is 0 Å². The van der Waals surface area contributed by atoms with Gasteiger partial charge in [-0.05, 0) is 17.7 Å². The van der Waals surface area contributed by atoms with Crippen LogP contribution < -0.4 is 0 Å². The molecule has 0 spiro atoms. The van der Waals surface area contributed by atoms with Crippen molar-refractivity contribution in [1.82, 2.24) is 10.2 Å². The maximum absolute atomic E-state index is 10.6. The third-order valence-corrected chi connectivity index (χ3v) is 4.23. The molecule has 6 heteroatoms. The Hall–Kier alpha value is -2.73. The molecule has 114 valence electrons. The lowest BCUT2D eigenvalue weighted by Gasteiger charge is -2.03. The largest absolute Gasteiger partial charge is 0.269 e. The quantitative estimate of drug-likeness (QED) is 0.397. The van der Waals surface area contributed by atoms with E-state index in [0.29, 0.717) is 5.75 Å². The lowest BCUT2D eigenvalue weighted by atomic mass is 10.1. The van der Waals surface area contributed by atoms with Crippen LogP contribution in [-0.2, 0) is 5.75 Å². The van der Waals surface area contributed by atoms with Gasteiger partial charge in [0.1, 0.15) is 5.03 Å². The van der Waals surface area contributed by atoms with Gasteiger partial charge in [-0.2, -0.15) is 0 Å². The van der Waals surface area contributed by atoms with Gasteiger partial charge in [0.15, 0.2) is 0 Å². The number of aromatic nitrogens is 2. The molecule has 0 radical (unpaired) electrons. The second-order valence-corrected chi connectivity index (χ2v) is 5.83. The molecule has 0 aliphatic carbocycles. The summed E-state index contributed by atoms with van der Waals surface area (Å²) in [5.74, 6) is 0.692. The zero-order valence-corrected chi connectivity index (χ0v) is 12.9. The Morgan fingerprint density at radius 3 is 2.26 bits per heavy atom. The highest BCUT2D eigenvalue weighted by atomic mass is 32.2. The number of rotatable bonds is 5. The first-order valence-electron chi connectivity index (χ1n) is 6.98. The van der Waals surface area contributed by atoms with Crippen LogP contribution in [0, 0.1) is 10.1 Å². The molecule has 0 aliphatic heterocycles. The second-order valence-electron chi connectivity index (χ2n) is 4.84. The average Bonchev–Trinajstić information content (AvgIpc) is 2.61. The van der Waals surface area contributed by atoms with Crippen LogP contribution in [0.4, 0.5) is 5.69 Å². The molecule has 0 unspecified atom stereocenters. The third-order valence-electron chi connectivity index (χ3n) is 3.24. The summed E-state index contributed by atoms with van der Waals surface area (Å²) in [6.07, 6.45) is 0. The van der Waals surface area contributed by atoms with E-state index >= 15 is 0 Å². The smallest absolute Gasteiger partial charge is 0.258 e. The summed E-state index contributed by atoms with van der Waals surface area (Å²) >= 11 is 1.55. The van der Waals surface area contributed by atoms with Gasteiger partial charge in [-0.1, -0.05) is 54.2 Å². The molecule has 2 aromatic carbocycles. The number of non-ortho nitro benzene ring substituents is 1. The summed E-state index contributed by atoms with van der Waals surface area (Å²) in [5, 5.41) is 19.9. The number of nitro benzene ring substituents is 1. The minimum atomic E-state index is -0.398. The van der Waals surface area contributed by atoms with E-state index in [1.54, 1.807) is 23.9 Å². The normalized spacial score (nSPS) is 10.4. The molecule has 0 bridgehead atoms. The monoisotopic (exact) mass is 323 g/mol. The van der Waals surface area contributed by atoms with E-state index in [1.807, 2.05) is 42.5 Å². The Morgan fingerprint density at radius 1 is 0.913 bits per heavy atom. The fourth-order valence-electron chi connectivity index (χ4n) is 2.03. The van der Waals surface area contributed by atoms with Gasteiger partial charge in [0.25, 0.3) is 5.69 Å². The summed E-state index contributed by atoms with van der Waals surface area (Å²) in [4.78, 5) is 10.2. The van der Waals surface area contributed by atoms with Crippen LogP contribution >= 0.6 is 11.8 Å². The molecule has 0 fully saturated rings. The molecule has 0 amide bonds. The lowest BCUT2D eigenvalue weighted by Crippen LogP contribution is -1.90. The van der Waals surface area contributed by atoms with Gasteiger partial charge < -0.3 is 0 Å². The SMILES string of the molecule is O=[N+]([O-])c1ccc(CSc2ccc(-c3ccccc3)nn2)cc1. The fourth-order valence-corrected chi connectivity index (χ4v) is 2.80. The van der Waals surface area contributed by atoms with E-state index in [0.717, 1.165) is 21.8 Å². The molecule has 23 heavy (non-hydrogen) atoms. The van der Waals surface area contributed by atoms with Gasteiger partial charge in [0.2, 0.25) is 0 Å². The summed E-state index contributed by atoms with van der Waals surface area (Å²) in [5.41, 5.74) is 2.98. The Bertz CT molecular complexity index is 790. The van der Waals surface area contributed by atoms with Crippen LogP contribution in [-0.4, -0.2) is 15.1 Å². The van der Waals surface area contributed by atoms with Gasteiger partial charge in [-0.25, -0.2) is 0 Å². The lowest BCUT2D eigenvalue weighted by molar-refractivity contribution is -0.384. The average molecular weight is 323 g/mol. The predicted molar refractivity (Wildman–Crippen MR) is 90.1 cm³/mol. The van der Waals surface area contributed by atoms with Crippen LogP contribution in [0.2, 0.25) is 0 Å². The molecular weight excluding hydrogens is 310 g/mol.